The van der Waals surface area contributed by atoms with Crippen molar-refractivity contribution in [2.75, 3.05) is 38.5 Å². The standard InChI is InChI=1S/C10H15N5O/c1-11-9-8(13-2-3-14-9)10(16)15-6-4-12-5-7-15/h2-3,12H,4-7H2,1H3,(H,11,14). The van der Waals surface area contributed by atoms with E-state index in [0.717, 1.165) is 26.2 Å². The number of carbonyl (C=O) groups excluding carboxylic acids is 1. The van der Waals surface area contributed by atoms with Gasteiger partial charge in [0.05, 0.1) is 0 Å². The fraction of sp³-hybridized carbons (Fsp3) is 0.500. The summed E-state index contributed by atoms with van der Waals surface area (Å²) in [4.78, 5) is 22.1. The normalized spacial score (nSPS) is 15.9. The molecular weight excluding hydrogens is 206 g/mol. The Hall–Kier alpha value is -1.69. The molecule has 0 saturated carbocycles. The molecule has 0 aliphatic carbocycles. The molecule has 1 aliphatic rings. The lowest BCUT2D eigenvalue weighted by Crippen LogP contribution is -2.46. The summed E-state index contributed by atoms with van der Waals surface area (Å²) < 4.78 is 0. The smallest absolute Gasteiger partial charge is 0.276 e. The molecule has 2 rings (SSSR count). The monoisotopic (exact) mass is 221 g/mol. The van der Waals surface area contributed by atoms with Gasteiger partial charge in [-0.05, 0) is 0 Å². The predicted molar refractivity (Wildman–Crippen MR) is 60.4 cm³/mol. The highest BCUT2D eigenvalue weighted by molar-refractivity contribution is 5.96. The van der Waals surface area contributed by atoms with Crippen molar-refractivity contribution >= 4 is 11.7 Å². The quantitative estimate of drug-likeness (QED) is 0.708. The first kappa shape index (κ1) is 10.8. The van der Waals surface area contributed by atoms with Crippen LogP contribution in [0.25, 0.3) is 0 Å². The zero-order valence-corrected chi connectivity index (χ0v) is 9.23. The number of nitrogens with zero attached hydrogens (tertiary/aromatic N) is 3. The van der Waals surface area contributed by atoms with Crippen LogP contribution in [0, 0.1) is 0 Å². The van der Waals surface area contributed by atoms with Gasteiger partial charge in [-0.1, -0.05) is 0 Å². The Bertz CT molecular complexity index is 375. The molecule has 6 nitrogen and oxygen atoms in total. The van der Waals surface area contributed by atoms with Crippen molar-refractivity contribution in [2.45, 2.75) is 0 Å². The summed E-state index contributed by atoms with van der Waals surface area (Å²) in [5, 5.41) is 6.08. The number of piperazine rings is 1. The molecular formula is C10H15N5O. The molecule has 16 heavy (non-hydrogen) atoms. The van der Waals surface area contributed by atoms with Crippen LogP contribution in [0.5, 0.6) is 0 Å². The van der Waals surface area contributed by atoms with E-state index in [2.05, 4.69) is 20.6 Å². The van der Waals surface area contributed by atoms with E-state index in [-0.39, 0.29) is 5.91 Å². The Labute approximate surface area is 94.1 Å². The average Bonchev–Trinajstić information content (AvgIpc) is 2.39. The van der Waals surface area contributed by atoms with Gasteiger partial charge in [0.1, 0.15) is 0 Å². The summed E-state index contributed by atoms with van der Waals surface area (Å²) in [6.07, 6.45) is 3.11. The molecule has 1 fully saturated rings. The first-order valence-electron chi connectivity index (χ1n) is 5.31. The first-order valence-corrected chi connectivity index (χ1v) is 5.31. The number of hydrogen-bond donors (Lipinski definition) is 2. The summed E-state index contributed by atoms with van der Waals surface area (Å²) in [6.45, 7) is 3.11. The van der Waals surface area contributed by atoms with Gasteiger partial charge < -0.3 is 15.5 Å². The second kappa shape index (κ2) is 4.89. The van der Waals surface area contributed by atoms with Gasteiger partial charge in [0.2, 0.25) is 0 Å². The van der Waals surface area contributed by atoms with Gasteiger partial charge >= 0.3 is 0 Å². The molecule has 1 aliphatic heterocycles. The molecule has 1 aromatic heterocycles. The van der Waals surface area contributed by atoms with Crippen molar-refractivity contribution in [1.82, 2.24) is 20.2 Å². The van der Waals surface area contributed by atoms with Gasteiger partial charge in [0.25, 0.3) is 5.91 Å². The van der Waals surface area contributed by atoms with E-state index in [1.54, 1.807) is 18.1 Å². The van der Waals surface area contributed by atoms with Crippen LogP contribution in [-0.4, -0.2) is 54.0 Å². The van der Waals surface area contributed by atoms with Crippen LogP contribution in [0.1, 0.15) is 10.5 Å². The number of aromatic nitrogens is 2. The van der Waals surface area contributed by atoms with Crippen LogP contribution in [0.2, 0.25) is 0 Å². The lowest BCUT2D eigenvalue weighted by Gasteiger charge is -2.27. The molecule has 0 aromatic carbocycles. The third-order valence-corrected chi connectivity index (χ3v) is 2.54. The highest BCUT2D eigenvalue weighted by atomic mass is 16.2. The van der Waals surface area contributed by atoms with Crippen molar-refractivity contribution in [3.8, 4) is 0 Å². The van der Waals surface area contributed by atoms with Crippen molar-refractivity contribution in [3.63, 3.8) is 0 Å². The Morgan fingerprint density at radius 2 is 2.06 bits per heavy atom. The summed E-state index contributed by atoms with van der Waals surface area (Å²) in [7, 11) is 1.73. The van der Waals surface area contributed by atoms with Crippen molar-refractivity contribution in [2.24, 2.45) is 0 Å². The van der Waals surface area contributed by atoms with Crippen LogP contribution in [0.15, 0.2) is 12.4 Å². The van der Waals surface area contributed by atoms with Crippen LogP contribution in [0.4, 0.5) is 5.82 Å². The van der Waals surface area contributed by atoms with E-state index in [0.29, 0.717) is 11.5 Å². The minimum atomic E-state index is -0.0565. The van der Waals surface area contributed by atoms with Crippen molar-refractivity contribution < 1.29 is 4.79 Å². The number of carbonyl (C=O) groups is 1. The van der Waals surface area contributed by atoms with E-state index in [1.807, 2.05) is 0 Å². The molecule has 1 saturated heterocycles. The van der Waals surface area contributed by atoms with E-state index in [1.165, 1.54) is 6.20 Å². The summed E-state index contributed by atoms with van der Waals surface area (Å²) in [5.41, 5.74) is 0.395. The molecule has 0 atom stereocenters. The Morgan fingerprint density at radius 3 is 2.75 bits per heavy atom. The molecule has 6 heteroatoms. The Balaban J connectivity index is 2.19. The van der Waals surface area contributed by atoms with Crippen LogP contribution < -0.4 is 10.6 Å². The van der Waals surface area contributed by atoms with E-state index >= 15 is 0 Å². The fourth-order valence-electron chi connectivity index (χ4n) is 1.70. The number of anilines is 1. The minimum absolute atomic E-state index is 0.0565. The van der Waals surface area contributed by atoms with E-state index in [4.69, 9.17) is 0 Å². The van der Waals surface area contributed by atoms with Gasteiger partial charge in [0, 0.05) is 45.6 Å². The van der Waals surface area contributed by atoms with Gasteiger partial charge in [-0.25, -0.2) is 9.97 Å². The predicted octanol–water partition coefficient (Wildman–Crippen LogP) is -0.436. The lowest BCUT2D eigenvalue weighted by atomic mass is 10.3. The topological polar surface area (TPSA) is 70.2 Å². The molecule has 86 valence electrons. The van der Waals surface area contributed by atoms with E-state index in [9.17, 15) is 4.79 Å². The molecule has 1 amide bonds. The molecule has 0 spiro atoms. The maximum absolute atomic E-state index is 12.1. The Morgan fingerprint density at radius 1 is 1.38 bits per heavy atom. The second-order valence-electron chi connectivity index (χ2n) is 3.55. The SMILES string of the molecule is CNc1nccnc1C(=O)N1CCNCC1. The van der Waals surface area contributed by atoms with Gasteiger partial charge in [-0.3, -0.25) is 4.79 Å². The molecule has 2 heterocycles. The summed E-state index contributed by atoms with van der Waals surface area (Å²) in [5.74, 6) is 0.477. The van der Waals surface area contributed by atoms with E-state index < -0.39 is 0 Å². The van der Waals surface area contributed by atoms with Crippen LogP contribution in [-0.2, 0) is 0 Å². The average molecular weight is 221 g/mol. The maximum Gasteiger partial charge on any atom is 0.276 e. The largest absolute Gasteiger partial charge is 0.371 e. The number of amides is 1. The molecule has 0 radical (unpaired) electrons. The molecule has 1 aromatic rings. The molecule has 0 unspecified atom stereocenters. The zero-order chi connectivity index (χ0) is 11.4. The van der Waals surface area contributed by atoms with Gasteiger partial charge in [0.15, 0.2) is 11.5 Å². The first-order chi connectivity index (χ1) is 7.83. The lowest BCUT2D eigenvalue weighted by molar-refractivity contribution is 0.0730. The second-order valence-corrected chi connectivity index (χ2v) is 3.55. The molecule has 0 bridgehead atoms. The third kappa shape index (κ3) is 2.11. The Kier molecular flexibility index (Phi) is 3.31. The van der Waals surface area contributed by atoms with Gasteiger partial charge in [-0.2, -0.15) is 0 Å². The number of nitrogens with one attached hydrogen (secondary N) is 2. The van der Waals surface area contributed by atoms with Gasteiger partial charge in [-0.15, -0.1) is 0 Å². The van der Waals surface area contributed by atoms with Crippen LogP contribution in [0.3, 0.4) is 0 Å². The highest BCUT2D eigenvalue weighted by Gasteiger charge is 2.21. The highest BCUT2D eigenvalue weighted by Crippen LogP contribution is 2.10. The third-order valence-electron chi connectivity index (χ3n) is 2.54. The van der Waals surface area contributed by atoms with Crippen LogP contribution >= 0.6 is 0 Å². The maximum atomic E-state index is 12.1. The van der Waals surface area contributed by atoms with Crippen molar-refractivity contribution in [1.29, 1.82) is 0 Å². The minimum Gasteiger partial charge on any atom is -0.371 e. The zero-order valence-electron chi connectivity index (χ0n) is 9.23. The van der Waals surface area contributed by atoms with Crippen molar-refractivity contribution in [3.05, 3.63) is 18.1 Å². The summed E-state index contributed by atoms with van der Waals surface area (Å²) >= 11 is 0. The number of rotatable bonds is 2. The fourth-order valence-corrected chi connectivity index (χ4v) is 1.70. The molecule has 2 N–H and O–H groups in total. The summed E-state index contributed by atoms with van der Waals surface area (Å²) in [6, 6.07) is 0. The number of hydrogen-bond acceptors (Lipinski definition) is 5.